The van der Waals surface area contributed by atoms with E-state index in [0.29, 0.717) is 11.8 Å². The summed E-state index contributed by atoms with van der Waals surface area (Å²) in [6.07, 6.45) is 2.12. The van der Waals surface area contributed by atoms with Gasteiger partial charge in [0.25, 0.3) is 0 Å². The summed E-state index contributed by atoms with van der Waals surface area (Å²) in [4.78, 5) is 5.06. The van der Waals surface area contributed by atoms with Crippen molar-refractivity contribution in [1.82, 2.24) is 0 Å². The number of rotatable bonds is 8. The minimum Gasteiger partial charge on any atom is -0.456 e. The first kappa shape index (κ1) is 37.0. The molecule has 7 aromatic rings. The van der Waals surface area contributed by atoms with Crippen molar-refractivity contribution in [1.29, 1.82) is 0 Å². The van der Waals surface area contributed by atoms with Crippen LogP contribution in [0.25, 0.3) is 55.5 Å². The molecule has 0 saturated heterocycles. The Morgan fingerprint density at radius 3 is 1.85 bits per heavy atom. The highest BCUT2D eigenvalue weighted by molar-refractivity contribution is 6.07. The minimum atomic E-state index is 0.383. The zero-order valence-electron chi connectivity index (χ0n) is 32.5. The molecular weight excluding hydrogens is 643 g/mol. The van der Waals surface area contributed by atoms with Crippen molar-refractivity contribution in [2.45, 2.75) is 61.3 Å². The van der Waals surface area contributed by atoms with E-state index in [1.165, 1.54) is 55.3 Å². The zero-order chi connectivity index (χ0) is 37.6. The largest absolute Gasteiger partial charge is 0.456 e. The first-order valence-corrected chi connectivity index (χ1v) is 18.7. The van der Waals surface area contributed by atoms with Crippen LogP contribution in [0.1, 0.15) is 73.9 Å². The van der Waals surface area contributed by atoms with Crippen LogP contribution in [-0.4, -0.2) is 5.71 Å². The number of furan rings is 1. The highest BCUT2D eigenvalue weighted by atomic mass is 16.3. The number of allylic oxidation sites excluding steroid dienone is 2. The number of hydrogen-bond donors (Lipinski definition) is 0. The van der Waals surface area contributed by atoms with Crippen LogP contribution < -0.4 is 0 Å². The van der Waals surface area contributed by atoms with Gasteiger partial charge in [-0.2, -0.15) is 0 Å². The molecule has 1 aromatic heterocycles. The molecule has 0 aliphatic heterocycles. The number of benzene rings is 6. The topological polar surface area (TPSA) is 25.5 Å². The Balaban J connectivity index is 0.000000196. The number of aryl methyl sites for hydroxylation is 3. The zero-order valence-corrected chi connectivity index (χ0v) is 32.5. The van der Waals surface area contributed by atoms with E-state index in [-0.39, 0.29) is 0 Å². The maximum atomic E-state index is 6.09. The lowest BCUT2D eigenvalue weighted by atomic mass is 9.88. The summed E-state index contributed by atoms with van der Waals surface area (Å²) in [6, 6.07) is 46.8. The van der Waals surface area contributed by atoms with Crippen LogP contribution in [0.5, 0.6) is 0 Å². The number of nitrogens with zero attached hydrogens (tertiary/aromatic N) is 1. The lowest BCUT2D eigenvalue weighted by Crippen LogP contribution is -2.03. The second kappa shape index (κ2) is 16.3. The normalized spacial score (nSPS) is 12.0. The van der Waals surface area contributed by atoms with Gasteiger partial charge in [0.05, 0.1) is 5.70 Å². The predicted octanol–water partition coefficient (Wildman–Crippen LogP) is 14.8. The van der Waals surface area contributed by atoms with Crippen LogP contribution in [0, 0.1) is 26.7 Å². The second-order valence-electron chi connectivity index (χ2n) is 14.6. The van der Waals surface area contributed by atoms with Gasteiger partial charge in [-0.1, -0.05) is 150 Å². The molecule has 2 heteroatoms. The van der Waals surface area contributed by atoms with Gasteiger partial charge in [-0.05, 0) is 114 Å². The first-order valence-electron chi connectivity index (χ1n) is 18.7. The van der Waals surface area contributed by atoms with E-state index in [1.54, 1.807) is 0 Å². The summed E-state index contributed by atoms with van der Waals surface area (Å²) in [6.45, 7) is 21.8. The lowest BCUT2D eigenvalue weighted by molar-refractivity contribution is 0.666. The molecule has 7 rings (SSSR count). The van der Waals surface area contributed by atoms with Crippen molar-refractivity contribution in [2.24, 2.45) is 10.9 Å². The number of hydrogen-bond acceptors (Lipinski definition) is 2. The Kier molecular flexibility index (Phi) is 11.4. The fraction of sp³-hybridized carbons (Fsp3) is 0.196. The van der Waals surface area contributed by atoms with Gasteiger partial charge in [-0.15, -0.1) is 0 Å². The van der Waals surface area contributed by atoms with E-state index >= 15 is 0 Å². The Hall–Kier alpha value is -5.73. The fourth-order valence-electron chi connectivity index (χ4n) is 6.82. The Morgan fingerprint density at radius 2 is 1.21 bits per heavy atom. The summed E-state index contributed by atoms with van der Waals surface area (Å²) in [5, 5.41) is 2.38. The first-order chi connectivity index (χ1) is 25.5. The standard InChI is InChI=1S/C31H35N.C20H16O/c1-21(2)25(7)32-31(19-24(6)26-14-9-8-10-15-26)27-17-18-28(22(3)4)30(20-27)29-16-12-11-13-23(29)5;1-13-7-3-4-8-15(13)16-11-12-18-17-9-5-6-10-19(17)21-20(18)14(16)2/h8-22H,6H2,1-5,7H3;3-12H,1-2H3/b31-19-,32-25?;. The van der Waals surface area contributed by atoms with Gasteiger partial charge in [0.2, 0.25) is 0 Å². The monoisotopic (exact) mass is 693 g/mol. The van der Waals surface area contributed by atoms with E-state index in [9.17, 15) is 0 Å². The molecular formula is C51H51NO. The lowest BCUT2D eigenvalue weighted by Gasteiger charge is -2.17. The van der Waals surface area contributed by atoms with Gasteiger partial charge in [-0.25, -0.2) is 0 Å². The van der Waals surface area contributed by atoms with Crippen molar-refractivity contribution in [3.8, 4) is 22.3 Å². The predicted molar refractivity (Wildman–Crippen MR) is 231 cm³/mol. The van der Waals surface area contributed by atoms with Gasteiger partial charge < -0.3 is 4.42 Å². The molecule has 53 heavy (non-hydrogen) atoms. The Labute approximate surface area is 316 Å². The smallest absolute Gasteiger partial charge is 0.138 e. The summed E-state index contributed by atoms with van der Waals surface area (Å²) in [5.74, 6) is 0.820. The fourth-order valence-corrected chi connectivity index (χ4v) is 6.82. The van der Waals surface area contributed by atoms with Crippen LogP contribution in [0.3, 0.4) is 0 Å². The number of para-hydroxylation sites is 1. The van der Waals surface area contributed by atoms with Crippen molar-refractivity contribution < 1.29 is 4.42 Å². The molecule has 0 aliphatic carbocycles. The molecule has 0 amide bonds. The van der Waals surface area contributed by atoms with Crippen LogP contribution >= 0.6 is 0 Å². The molecule has 0 fully saturated rings. The molecule has 0 bridgehead atoms. The van der Waals surface area contributed by atoms with Crippen LogP contribution in [-0.2, 0) is 0 Å². The van der Waals surface area contributed by atoms with Gasteiger partial charge in [0, 0.05) is 27.6 Å². The van der Waals surface area contributed by atoms with E-state index in [1.807, 2.05) is 30.3 Å². The second-order valence-corrected chi connectivity index (χ2v) is 14.6. The summed E-state index contributed by atoms with van der Waals surface area (Å²) in [5.41, 5.74) is 17.4. The SMILES string of the molecule is C=C(/C=C(\N=C(C)C(C)C)c1ccc(C(C)C)c(-c2ccccc2C)c1)c1ccccc1.Cc1ccccc1-c1ccc2c(oc3ccccc32)c1C. The number of fused-ring (bicyclic) bond motifs is 3. The van der Waals surface area contributed by atoms with Gasteiger partial charge >= 0.3 is 0 Å². The quantitative estimate of drug-likeness (QED) is 0.115. The highest BCUT2D eigenvalue weighted by Crippen LogP contribution is 2.37. The van der Waals surface area contributed by atoms with E-state index in [4.69, 9.17) is 9.41 Å². The molecule has 0 saturated carbocycles. The van der Waals surface area contributed by atoms with E-state index < -0.39 is 0 Å². The molecule has 6 aromatic carbocycles. The van der Waals surface area contributed by atoms with E-state index in [2.05, 4.69) is 171 Å². The van der Waals surface area contributed by atoms with Crippen LogP contribution in [0.2, 0.25) is 0 Å². The van der Waals surface area contributed by atoms with Gasteiger partial charge in [-0.3, -0.25) is 4.99 Å². The van der Waals surface area contributed by atoms with Crippen molar-refractivity contribution >= 4 is 38.9 Å². The molecule has 0 radical (unpaired) electrons. The minimum absolute atomic E-state index is 0.383. The summed E-state index contributed by atoms with van der Waals surface area (Å²) < 4.78 is 6.09. The van der Waals surface area contributed by atoms with E-state index in [0.717, 1.165) is 39.3 Å². The average molecular weight is 694 g/mol. The average Bonchev–Trinajstić information content (AvgIpc) is 3.55. The highest BCUT2D eigenvalue weighted by Gasteiger charge is 2.15. The summed E-state index contributed by atoms with van der Waals surface area (Å²) >= 11 is 0. The van der Waals surface area contributed by atoms with Gasteiger partial charge in [0.15, 0.2) is 0 Å². The molecule has 0 atom stereocenters. The van der Waals surface area contributed by atoms with Crippen molar-refractivity contribution in [3.05, 3.63) is 179 Å². The molecule has 0 aliphatic rings. The molecule has 0 spiro atoms. The van der Waals surface area contributed by atoms with Crippen LogP contribution in [0.15, 0.2) is 156 Å². The molecule has 266 valence electrons. The van der Waals surface area contributed by atoms with Crippen molar-refractivity contribution in [3.63, 3.8) is 0 Å². The third-order valence-corrected chi connectivity index (χ3v) is 10.2. The summed E-state index contributed by atoms with van der Waals surface area (Å²) in [7, 11) is 0. The molecule has 0 N–H and O–H groups in total. The van der Waals surface area contributed by atoms with Gasteiger partial charge in [0.1, 0.15) is 11.2 Å². The molecule has 1 heterocycles. The maximum absolute atomic E-state index is 6.09. The van der Waals surface area contributed by atoms with Crippen LogP contribution in [0.4, 0.5) is 0 Å². The number of aliphatic imine (C=N–C) groups is 1. The Bertz CT molecular complexity index is 2450. The molecule has 2 nitrogen and oxygen atoms in total. The molecule has 0 unspecified atom stereocenters. The third kappa shape index (κ3) is 8.18. The third-order valence-electron chi connectivity index (χ3n) is 10.2. The maximum Gasteiger partial charge on any atom is 0.138 e. The Morgan fingerprint density at radius 1 is 0.604 bits per heavy atom. The van der Waals surface area contributed by atoms with Crippen molar-refractivity contribution in [2.75, 3.05) is 0 Å².